The fourth-order valence-electron chi connectivity index (χ4n) is 3.40. The molecule has 0 aromatic rings. The molecule has 0 aromatic carbocycles. The molecule has 1 amide bonds. The van der Waals surface area contributed by atoms with E-state index in [1.54, 1.807) is 0 Å². The van der Waals surface area contributed by atoms with Gasteiger partial charge in [-0.15, -0.1) is 0 Å². The first kappa shape index (κ1) is 14.8. The van der Waals surface area contributed by atoms with Crippen LogP contribution in [0, 0.1) is 5.92 Å². The van der Waals surface area contributed by atoms with Gasteiger partial charge in [-0.2, -0.15) is 0 Å². The molecule has 0 aromatic heterocycles. The van der Waals surface area contributed by atoms with Crippen LogP contribution in [0.5, 0.6) is 0 Å². The van der Waals surface area contributed by atoms with Gasteiger partial charge in [-0.25, -0.2) is 0 Å². The Morgan fingerprint density at radius 1 is 1.32 bits per heavy atom. The zero-order chi connectivity index (χ0) is 13.9. The van der Waals surface area contributed by atoms with Gasteiger partial charge in [-0.3, -0.25) is 4.79 Å². The third-order valence-corrected chi connectivity index (χ3v) is 5.09. The van der Waals surface area contributed by atoms with E-state index in [1.807, 2.05) is 13.8 Å². The highest BCUT2D eigenvalue weighted by atomic mass is 16.3. The number of nitrogens with one attached hydrogen (secondary N) is 2. The van der Waals surface area contributed by atoms with Crippen molar-refractivity contribution >= 4 is 5.91 Å². The van der Waals surface area contributed by atoms with E-state index < -0.39 is 5.60 Å². The molecule has 4 nitrogen and oxygen atoms in total. The summed E-state index contributed by atoms with van der Waals surface area (Å²) in [6.07, 6.45) is 7.38. The monoisotopic (exact) mass is 268 g/mol. The number of carbonyl (C=O) groups is 1. The van der Waals surface area contributed by atoms with Gasteiger partial charge in [0.15, 0.2) is 0 Å². The van der Waals surface area contributed by atoms with Crippen molar-refractivity contribution in [1.29, 1.82) is 0 Å². The van der Waals surface area contributed by atoms with E-state index in [0.717, 1.165) is 6.42 Å². The fraction of sp³-hybridized carbons (Fsp3) is 0.933. The molecule has 2 rings (SSSR count). The lowest BCUT2D eigenvalue weighted by atomic mass is 9.85. The summed E-state index contributed by atoms with van der Waals surface area (Å²) in [5, 5.41) is 16.6. The van der Waals surface area contributed by atoms with Gasteiger partial charge in [-0.1, -0.05) is 26.7 Å². The molecule has 110 valence electrons. The average molecular weight is 268 g/mol. The minimum atomic E-state index is -0.749. The molecule has 3 atom stereocenters. The van der Waals surface area contributed by atoms with Gasteiger partial charge in [0, 0.05) is 12.6 Å². The molecule has 2 aliphatic rings. The molecule has 1 saturated heterocycles. The molecule has 2 fully saturated rings. The number of fused-ring (bicyclic) bond motifs is 1. The summed E-state index contributed by atoms with van der Waals surface area (Å²) in [5.74, 6) is 0.746. The second kappa shape index (κ2) is 6.23. The zero-order valence-corrected chi connectivity index (χ0v) is 12.2. The van der Waals surface area contributed by atoms with Gasteiger partial charge in [0.05, 0.1) is 11.6 Å². The maximum Gasteiger partial charge on any atom is 0.237 e. The number of hydrogen-bond donors (Lipinski definition) is 3. The van der Waals surface area contributed by atoms with Crippen LogP contribution >= 0.6 is 0 Å². The van der Waals surface area contributed by atoms with Gasteiger partial charge in [0.1, 0.15) is 0 Å². The van der Waals surface area contributed by atoms with E-state index in [1.165, 1.54) is 25.7 Å². The first-order valence-electron chi connectivity index (χ1n) is 7.84. The van der Waals surface area contributed by atoms with Gasteiger partial charge >= 0.3 is 0 Å². The normalized spacial score (nSPS) is 31.0. The van der Waals surface area contributed by atoms with Gasteiger partial charge in [0.2, 0.25) is 5.91 Å². The van der Waals surface area contributed by atoms with Gasteiger partial charge in [0.25, 0.3) is 0 Å². The van der Waals surface area contributed by atoms with Crippen LogP contribution in [0.2, 0.25) is 0 Å². The minimum absolute atomic E-state index is 0.0499. The third-order valence-electron chi connectivity index (χ3n) is 5.09. The molecule has 0 radical (unpaired) electrons. The minimum Gasteiger partial charge on any atom is -0.388 e. The van der Waals surface area contributed by atoms with Crippen LogP contribution < -0.4 is 10.6 Å². The lowest BCUT2D eigenvalue weighted by Gasteiger charge is -2.26. The van der Waals surface area contributed by atoms with Crippen molar-refractivity contribution in [3.8, 4) is 0 Å². The second-order valence-corrected chi connectivity index (χ2v) is 6.26. The SMILES string of the molecule is CCC(O)(CC)CNC(=O)C1CC2CCCCC2N1. The molecule has 19 heavy (non-hydrogen) atoms. The zero-order valence-electron chi connectivity index (χ0n) is 12.2. The number of rotatable bonds is 5. The summed E-state index contributed by atoms with van der Waals surface area (Å²) in [6, 6.07) is 0.492. The number of aliphatic hydroxyl groups is 1. The smallest absolute Gasteiger partial charge is 0.237 e. The Kier molecular flexibility index (Phi) is 4.85. The first-order valence-corrected chi connectivity index (χ1v) is 7.84. The summed E-state index contributed by atoms with van der Waals surface area (Å²) >= 11 is 0. The maximum atomic E-state index is 12.2. The highest BCUT2D eigenvalue weighted by molar-refractivity contribution is 5.82. The molecule has 1 saturated carbocycles. The summed E-state index contributed by atoms with van der Waals surface area (Å²) < 4.78 is 0. The van der Waals surface area contributed by atoms with E-state index in [-0.39, 0.29) is 11.9 Å². The fourth-order valence-corrected chi connectivity index (χ4v) is 3.40. The summed E-state index contributed by atoms with van der Waals surface area (Å²) in [4.78, 5) is 12.2. The van der Waals surface area contributed by atoms with Crippen molar-refractivity contribution in [3.05, 3.63) is 0 Å². The number of hydrogen-bond acceptors (Lipinski definition) is 3. The van der Waals surface area contributed by atoms with Crippen LogP contribution in [-0.4, -0.2) is 35.2 Å². The Hall–Kier alpha value is -0.610. The topological polar surface area (TPSA) is 61.4 Å². The molecule has 1 heterocycles. The van der Waals surface area contributed by atoms with E-state index in [0.29, 0.717) is 31.3 Å². The van der Waals surface area contributed by atoms with E-state index >= 15 is 0 Å². The van der Waals surface area contributed by atoms with Crippen molar-refractivity contribution in [2.75, 3.05) is 6.54 Å². The van der Waals surface area contributed by atoms with Gasteiger partial charge < -0.3 is 15.7 Å². The lowest BCUT2D eigenvalue weighted by molar-refractivity contribution is -0.124. The number of carbonyl (C=O) groups excluding carboxylic acids is 1. The average Bonchev–Trinajstić information content (AvgIpc) is 2.88. The van der Waals surface area contributed by atoms with Crippen LogP contribution in [0.15, 0.2) is 0 Å². The van der Waals surface area contributed by atoms with Crippen molar-refractivity contribution < 1.29 is 9.90 Å². The Labute approximate surface area is 116 Å². The third kappa shape index (κ3) is 3.48. The standard InChI is InChI=1S/C15H28N2O2/c1-3-15(19,4-2)10-16-14(18)13-9-11-7-5-6-8-12(11)17-13/h11-13,17,19H,3-10H2,1-2H3,(H,16,18). The molecule has 3 N–H and O–H groups in total. The predicted octanol–water partition coefficient (Wildman–Crippen LogP) is 1.57. The Bertz CT molecular complexity index is 301. The Balaban J connectivity index is 1.81. The quantitative estimate of drug-likeness (QED) is 0.709. The molecular weight excluding hydrogens is 240 g/mol. The highest BCUT2D eigenvalue weighted by Crippen LogP contribution is 2.33. The van der Waals surface area contributed by atoms with Crippen LogP contribution in [0.25, 0.3) is 0 Å². The molecular formula is C15H28N2O2. The van der Waals surface area contributed by atoms with Crippen molar-refractivity contribution in [3.63, 3.8) is 0 Å². The van der Waals surface area contributed by atoms with Crippen LogP contribution in [-0.2, 0) is 4.79 Å². The molecule has 0 spiro atoms. The Morgan fingerprint density at radius 2 is 2.00 bits per heavy atom. The van der Waals surface area contributed by atoms with Crippen LogP contribution in [0.4, 0.5) is 0 Å². The summed E-state index contributed by atoms with van der Waals surface area (Å²) in [6.45, 7) is 4.28. The second-order valence-electron chi connectivity index (χ2n) is 6.26. The molecule has 0 bridgehead atoms. The van der Waals surface area contributed by atoms with Crippen molar-refractivity contribution in [2.24, 2.45) is 5.92 Å². The largest absolute Gasteiger partial charge is 0.388 e. The van der Waals surface area contributed by atoms with Crippen LogP contribution in [0.1, 0.15) is 58.8 Å². The summed E-state index contributed by atoms with van der Waals surface area (Å²) in [5.41, 5.74) is -0.749. The van der Waals surface area contributed by atoms with Crippen molar-refractivity contribution in [1.82, 2.24) is 10.6 Å². The first-order chi connectivity index (χ1) is 9.08. The maximum absolute atomic E-state index is 12.2. The molecule has 1 aliphatic heterocycles. The summed E-state index contributed by atoms with van der Waals surface area (Å²) in [7, 11) is 0. The van der Waals surface area contributed by atoms with Gasteiger partial charge in [-0.05, 0) is 38.0 Å². The van der Waals surface area contributed by atoms with Crippen molar-refractivity contribution in [2.45, 2.75) is 76.5 Å². The van der Waals surface area contributed by atoms with Crippen LogP contribution in [0.3, 0.4) is 0 Å². The Morgan fingerprint density at radius 3 is 2.63 bits per heavy atom. The number of amides is 1. The van der Waals surface area contributed by atoms with E-state index in [9.17, 15) is 9.90 Å². The predicted molar refractivity (Wildman–Crippen MR) is 75.8 cm³/mol. The molecule has 4 heteroatoms. The van der Waals surface area contributed by atoms with E-state index in [4.69, 9.17) is 0 Å². The highest BCUT2D eigenvalue weighted by Gasteiger charge is 2.38. The van der Waals surface area contributed by atoms with E-state index in [2.05, 4.69) is 10.6 Å². The molecule has 3 unspecified atom stereocenters. The molecule has 1 aliphatic carbocycles. The lowest BCUT2D eigenvalue weighted by Crippen LogP contribution is -2.48.